The van der Waals surface area contributed by atoms with E-state index in [2.05, 4.69) is 4.98 Å². The number of carbonyl (C=O) groups is 1. The Morgan fingerprint density at radius 3 is 2.87 bits per heavy atom. The number of anilines is 1. The molecule has 84 valence electrons. The first kappa shape index (κ1) is 11.6. The van der Waals surface area contributed by atoms with Crippen LogP contribution in [0.1, 0.15) is 20.3 Å². The van der Waals surface area contributed by atoms with E-state index in [1.165, 1.54) is 0 Å². The van der Waals surface area contributed by atoms with Gasteiger partial charge in [0.2, 0.25) is 5.95 Å². The van der Waals surface area contributed by atoms with E-state index < -0.39 is 5.97 Å². The maximum Gasteiger partial charge on any atom is 0.305 e. The van der Waals surface area contributed by atoms with Gasteiger partial charge >= 0.3 is 5.97 Å². The lowest BCUT2D eigenvalue weighted by Gasteiger charge is -2.21. The Morgan fingerprint density at radius 1 is 1.60 bits per heavy atom. The minimum absolute atomic E-state index is 0.143. The van der Waals surface area contributed by atoms with Crippen molar-refractivity contribution in [3.8, 4) is 0 Å². The molecule has 0 aromatic carbocycles. The van der Waals surface area contributed by atoms with Gasteiger partial charge < -0.3 is 14.6 Å². The Morgan fingerprint density at radius 2 is 2.33 bits per heavy atom. The molecule has 0 aliphatic carbocycles. The van der Waals surface area contributed by atoms with E-state index in [4.69, 9.17) is 5.11 Å². The first-order chi connectivity index (χ1) is 7.19. The largest absolute Gasteiger partial charge is 0.481 e. The van der Waals surface area contributed by atoms with Gasteiger partial charge in [0.25, 0.3) is 0 Å². The van der Waals surface area contributed by atoms with Crippen molar-refractivity contribution in [3.05, 3.63) is 12.4 Å². The van der Waals surface area contributed by atoms with Crippen LogP contribution in [-0.4, -0.2) is 33.7 Å². The van der Waals surface area contributed by atoms with E-state index in [1.54, 1.807) is 6.20 Å². The van der Waals surface area contributed by atoms with Gasteiger partial charge in [-0.3, -0.25) is 4.79 Å². The van der Waals surface area contributed by atoms with Gasteiger partial charge in [0.05, 0.1) is 6.42 Å². The average molecular weight is 211 g/mol. The van der Waals surface area contributed by atoms with Gasteiger partial charge in [0.1, 0.15) is 0 Å². The maximum absolute atomic E-state index is 10.5. The van der Waals surface area contributed by atoms with Crippen LogP contribution in [0.4, 0.5) is 5.95 Å². The third kappa shape index (κ3) is 2.97. The number of hydrogen-bond donors (Lipinski definition) is 1. The third-order valence-corrected chi connectivity index (χ3v) is 2.29. The van der Waals surface area contributed by atoms with Crippen molar-refractivity contribution < 1.29 is 9.90 Å². The molecule has 0 spiro atoms. The van der Waals surface area contributed by atoms with E-state index in [9.17, 15) is 4.79 Å². The third-order valence-electron chi connectivity index (χ3n) is 2.29. The van der Waals surface area contributed by atoms with Crippen LogP contribution in [0, 0.1) is 0 Å². The molecule has 1 rings (SSSR count). The van der Waals surface area contributed by atoms with Crippen molar-refractivity contribution >= 4 is 11.9 Å². The fourth-order valence-corrected chi connectivity index (χ4v) is 1.46. The summed E-state index contributed by atoms with van der Waals surface area (Å²) >= 11 is 0. The van der Waals surface area contributed by atoms with Crippen molar-refractivity contribution in [3.63, 3.8) is 0 Å². The topological polar surface area (TPSA) is 58.4 Å². The summed E-state index contributed by atoms with van der Waals surface area (Å²) in [6.07, 6.45) is 3.78. The average Bonchev–Trinajstić information content (AvgIpc) is 2.66. The number of nitrogens with zero attached hydrogens (tertiary/aromatic N) is 3. The summed E-state index contributed by atoms with van der Waals surface area (Å²) in [6.45, 7) is 6.15. The van der Waals surface area contributed by atoms with E-state index in [0.29, 0.717) is 6.54 Å². The fraction of sp³-hybridized carbons (Fsp3) is 0.600. The molecule has 1 heterocycles. The molecule has 0 saturated heterocycles. The van der Waals surface area contributed by atoms with Crippen molar-refractivity contribution in [2.45, 2.75) is 26.8 Å². The predicted molar refractivity (Wildman–Crippen MR) is 58.0 cm³/mol. The second-order valence-corrected chi connectivity index (χ2v) is 3.24. The standard InChI is InChI=1S/C10H17N3O2/c1-3-12(7-5-9(14)15)10-11-6-8-13(10)4-2/h6,8H,3-5,7H2,1-2H3,(H,14,15). The first-order valence-corrected chi connectivity index (χ1v) is 5.16. The molecule has 15 heavy (non-hydrogen) atoms. The molecule has 1 aromatic heterocycles. The number of aromatic nitrogens is 2. The Kier molecular flexibility index (Phi) is 4.15. The van der Waals surface area contributed by atoms with Crippen molar-refractivity contribution in [2.24, 2.45) is 0 Å². The SMILES string of the molecule is CCN(CCC(=O)O)c1nccn1CC. The fourth-order valence-electron chi connectivity index (χ4n) is 1.46. The molecule has 0 saturated carbocycles. The Labute approximate surface area is 89.3 Å². The summed E-state index contributed by atoms with van der Waals surface area (Å²) in [5, 5.41) is 8.63. The lowest BCUT2D eigenvalue weighted by molar-refractivity contribution is -0.136. The van der Waals surface area contributed by atoms with Gasteiger partial charge in [0.15, 0.2) is 0 Å². The summed E-state index contributed by atoms with van der Waals surface area (Å²) in [6, 6.07) is 0. The molecular formula is C10H17N3O2. The van der Waals surface area contributed by atoms with Crippen molar-refractivity contribution in [1.82, 2.24) is 9.55 Å². The van der Waals surface area contributed by atoms with Crippen LogP contribution < -0.4 is 4.90 Å². The number of carboxylic acids is 1. The van der Waals surface area contributed by atoms with Gasteiger partial charge in [-0.05, 0) is 13.8 Å². The van der Waals surface area contributed by atoms with Crippen LogP contribution in [-0.2, 0) is 11.3 Å². The van der Waals surface area contributed by atoms with E-state index in [1.807, 2.05) is 29.5 Å². The molecule has 5 nitrogen and oxygen atoms in total. The number of carboxylic acid groups (broad SMARTS) is 1. The molecular weight excluding hydrogens is 194 g/mol. The molecule has 0 aliphatic rings. The lowest BCUT2D eigenvalue weighted by Crippen LogP contribution is -2.28. The van der Waals surface area contributed by atoms with Crippen LogP contribution in [0.2, 0.25) is 0 Å². The Hall–Kier alpha value is -1.52. The number of imidazole rings is 1. The summed E-state index contributed by atoms with van der Waals surface area (Å²) in [5.41, 5.74) is 0. The summed E-state index contributed by atoms with van der Waals surface area (Å²) in [7, 11) is 0. The second kappa shape index (κ2) is 5.38. The quantitative estimate of drug-likeness (QED) is 0.768. The van der Waals surface area contributed by atoms with Crippen LogP contribution in [0.5, 0.6) is 0 Å². The van der Waals surface area contributed by atoms with Crippen LogP contribution in [0.25, 0.3) is 0 Å². The molecule has 0 aliphatic heterocycles. The van der Waals surface area contributed by atoms with Crippen LogP contribution in [0.15, 0.2) is 12.4 Å². The summed E-state index contributed by atoms with van der Waals surface area (Å²) in [5.74, 6) is 0.0734. The van der Waals surface area contributed by atoms with Gasteiger partial charge in [-0.1, -0.05) is 0 Å². The molecule has 0 bridgehead atoms. The zero-order valence-corrected chi connectivity index (χ0v) is 9.18. The highest BCUT2D eigenvalue weighted by Gasteiger charge is 2.11. The summed E-state index contributed by atoms with van der Waals surface area (Å²) in [4.78, 5) is 16.7. The molecule has 0 radical (unpaired) electrons. The Bertz CT molecular complexity index is 322. The molecule has 0 atom stereocenters. The molecule has 1 N–H and O–H groups in total. The molecule has 0 fully saturated rings. The number of aryl methyl sites for hydroxylation is 1. The minimum atomic E-state index is -0.775. The number of rotatable bonds is 6. The predicted octanol–water partition coefficient (Wildman–Crippen LogP) is 1.20. The Balaban J connectivity index is 2.69. The minimum Gasteiger partial charge on any atom is -0.481 e. The maximum atomic E-state index is 10.5. The monoisotopic (exact) mass is 211 g/mol. The highest BCUT2D eigenvalue weighted by Crippen LogP contribution is 2.11. The normalized spacial score (nSPS) is 10.3. The van der Waals surface area contributed by atoms with Gasteiger partial charge in [-0.15, -0.1) is 0 Å². The first-order valence-electron chi connectivity index (χ1n) is 5.16. The van der Waals surface area contributed by atoms with Crippen molar-refractivity contribution in [2.75, 3.05) is 18.0 Å². The van der Waals surface area contributed by atoms with Gasteiger partial charge in [-0.25, -0.2) is 4.98 Å². The molecule has 0 amide bonds. The van der Waals surface area contributed by atoms with Crippen molar-refractivity contribution in [1.29, 1.82) is 0 Å². The molecule has 0 unspecified atom stereocenters. The smallest absolute Gasteiger partial charge is 0.305 e. The zero-order valence-electron chi connectivity index (χ0n) is 9.18. The lowest BCUT2D eigenvalue weighted by atomic mass is 10.4. The van der Waals surface area contributed by atoms with Gasteiger partial charge in [0, 0.05) is 32.0 Å². The summed E-state index contributed by atoms with van der Waals surface area (Å²) < 4.78 is 2.01. The second-order valence-electron chi connectivity index (χ2n) is 3.24. The number of aliphatic carboxylic acids is 1. The van der Waals surface area contributed by atoms with Crippen LogP contribution in [0.3, 0.4) is 0 Å². The van der Waals surface area contributed by atoms with E-state index >= 15 is 0 Å². The highest BCUT2D eigenvalue weighted by molar-refractivity contribution is 5.67. The zero-order chi connectivity index (χ0) is 11.3. The van der Waals surface area contributed by atoms with Crippen LogP contribution >= 0.6 is 0 Å². The molecule has 5 heteroatoms. The molecule has 1 aromatic rings. The van der Waals surface area contributed by atoms with E-state index in [-0.39, 0.29) is 6.42 Å². The van der Waals surface area contributed by atoms with Gasteiger partial charge in [-0.2, -0.15) is 0 Å². The van der Waals surface area contributed by atoms with E-state index in [0.717, 1.165) is 19.0 Å². The highest BCUT2D eigenvalue weighted by atomic mass is 16.4. The number of hydrogen-bond acceptors (Lipinski definition) is 3.